The monoisotopic (exact) mass is 933 g/mol. The second-order valence-electron chi connectivity index (χ2n) is 18.4. The Kier molecular flexibility index (Phi) is 46.8. The van der Waals surface area contributed by atoms with Crippen LogP contribution in [-0.2, 0) is 42.2 Å². The molecule has 3 unspecified atom stereocenters. The van der Waals surface area contributed by atoms with Crippen LogP contribution in [0.3, 0.4) is 0 Å². The lowest BCUT2D eigenvalue weighted by molar-refractivity contribution is -0.161. The van der Waals surface area contributed by atoms with Crippen LogP contribution in [0, 0.1) is 0 Å². The molecule has 0 radical (unpaired) electrons. The average Bonchev–Trinajstić information content (AvgIpc) is 3.28. The molecule has 0 saturated heterocycles. The molecule has 380 valence electrons. The third kappa shape index (κ3) is 45.6. The van der Waals surface area contributed by atoms with Crippen LogP contribution >= 0.6 is 7.82 Å². The summed E-state index contributed by atoms with van der Waals surface area (Å²) in [5.74, 6) is -1.43. The van der Waals surface area contributed by atoms with E-state index in [0.29, 0.717) is 19.3 Å². The Hall–Kier alpha value is -1.52. The SMILES string of the molecule is CCCCCCCCCCCCCCCC(=O)OC(CO)COP(=O)(O)OCC(COC(=O)CCCCCCCCCCCCC)OC(=O)CCCCCCCCCCCCCCC. The zero-order valence-corrected chi connectivity index (χ0v) is 42.7. The van der Waals surface area contributed by atoms with E-state index in [1.807, 2.05) is 0 Å². The number of carbonyl (C=O) groups excluding carboxylic acids is 3. The highest BCUT2D eigenvalue weighted by Crippen LogP contribution is 2.43. The van der Waals surface area contributed by atoms with Crippen molar-refractivity contribution in [2.24, 2.45) is 0 Å². The van der Waals surface area contributed by atoms with Gasteiger partial charge in [0.25, 0.3) is 0 Å². The minimum absolute atomic E-state index is 0.178. The second kappa shape index (κ2) is 48.0. The summed E-state index contributed by atoms with van der Waals surface area (Å²) in [6.07, 6.45) is 42.0. The number of carbonyl (C=O) groups is 3. The third-order valence-electron chi connectivity index (χ3n) is 12.0. The first-order valence-corrected chi connectivity index (χ1v) is 28.4. The highest BCUT2D eigenvalue weighted by Gasteiger charge is 2.28. The number of unbranched alkanes of at least 4 members (excludes halogenated alkanes) is 34. The first-order chi connectivity index (χ1) is 31.2. The van der Waals surface area contributed by atoms with Crippen LogP contribution < -0.4 is 0 Å². The van der Waals surface area contributed by atoms with Crippen LogP contribution in [-0.4, -0.2) is 66.5 Å². The Bertz CT molecular complexity index is 1090. The number of rotatable bonds is 51. The molecule has 0 aliphatic heterocycles. The molecule has 64 heavy (non-hydrogen) atoms. The Morgan fingerprint density at radius 1 is 0.375 bits per heavy atom. The normalized spacial score (nSPS) is 13.4. The molecule has 0 spiro atoms. The van der Waals surface area contributed by atoms with Crippen LogP contribution in [0.5, 0.6) is 0 Å². The molecule has 0 heterocycles. The van der Waals surface area contributed by atoms with Crippen LogP contribution in [0.4, 0.5) is 0 Å². The van der Waals surface area contributed by atoms with Crippen LogP contribution in [0.15, 0.2) is 0 Å². The lowest BCUT2D eigenvalue weighted by Crippen LogP contribution is -2.30. The van der Waals surface area contributed by atoms with Crippen molar-refractivity contribution in [3.8, 4) is 0 Å². The molecule has 12 heteroatoms. The van der Waals surface area contributed by atoms with Crippen molar-refractivity contribution in [3.63, 3.8) is 0 Å². The summed E-state index contributed by atoms with van der Waals surface area (Å²) in [5.41, 5.74) is 0. The number of phosphoric acid groups is 1. The summed E-state index contributed by atoms with van der Waals surface area (Å²) in [7, 11) is -4.73. The number of aliphatic hydroxyl groups excluding tert-OH is 1. The molecular weight excluding hydrogens is 832 g/mol. The minimum atomic E-state index is -4.73. The van der Waals surface area contributed by atoms with Crippen LogP contribution in [0.1, 0.15) is 278 Å². The van der Waals surface area contributed by atoms with Gasteiger partial charge in [0.2, 0.25) is 0 Å². The molecule has 0 bridgehead atoms. The van der Waals surface area contributed by atoms with Gasteiger partial charge in [-0.1, -0.05) is 239 Å². The molecule has 11 nitrogen and oxygen atoms in total. The fourth-order valence-electron chi connectivity index (χ4n) is 7.89. The van der Waals surface area contributed by atoms with Gasteiger partial charge < -0.3 is 24.2 Å². The number of phosphoric ester groups is 1. The van der Waals surface area contributed by atoms with Crippen molar-refractivity contribution in [1.82, 2.24) is 0 Å². The standard InChI is InChI=1S/C52H101O11P/c1-4-7-10-13-16-19-22-24-27-30-33-36-39-42-51(55)62-48(44-53)46-60-64(57,58)61-47-49(45-59-50(54)41-38-35-32-29-26-21-18-15-12-9-6-3)63-52(56)43-40-37-34-31-28-25-23-20-17-14-11-8-5-2/h48-49,53H,4-47H2,1-3H3,(H,57,58). The molecule has 0 aliphatic carbocycles. The zero-order valence-electron chi connectivity index (χ0n) is 41.8. The highest BCUT2D eigenvalue weighted by atomic mass is 31.2. The fourth-order valence-corrected chi connectivity index (χ4v) is 8.67. The molecule has 0 aromatic heterocycles. The predicted octanol–water partition coefficient (Wildman–Crippen LogP) is 15.1. The fraction of sp³-hybridized carbons (Fsp3) is 0.942. The summed E-state index contributed by atoms with van der Waals surface area (Å²) < 4.78 is 39.4. The Labute approximate surface area is 393 Å². The maximum atomic E-state index is 12.8. The lowest BCUT2D eigenvalue weighted by Gasteiger charge is -2.21. The highest BCUT2D eigenvalue weighted by molar-refractivity contribution is 7.47. The van der Waals surface area contributed by atoms with Gasteiger partial charge in [0.05, 0.1) is 19.8 Å². The number of ether oxygens (including phenoxy) is 3. The van der Waals surface area contributed by atoms with E-state index in [1.165, 1.54) is 161 Å². The lowest BCUT2D eigenvalue weighted by atomic mass is 10.0. The number of aliphatic hydroxyl groups is 1. The summed E-state index contributed by atoms with van der Waals surface area (Å²) in [5, 5.41) is 9.77. The largest absolute Gasteiger partial charge is 0.472 e. The molecule has 3 atom stereocenters. The first-order valence-electron chi connectivity index (χ1n) is 26.9. The molecule has 2 N–H and O–H groups in total. The van der Waals surface area contributed by atoms with Crippen molar-refractivity contribution in [2.75, 3.05) is 26.4 Å². The van der Waals surface area contributed by atoms with Gasteiger partial charge in [0.1, 0.15) is 12.7 Å². The van der Waals surface area contributed by atoms with Crippen LogP contribution in [0.25, 0.3) is 0 Å². The maximum absolute atomic E-state index is 12.8. The Morgan fingerprint density at radius 2 is 0.625 bits per heavy atom. The maximum Gasteiger partial charge on any atom is 0.472 e. The van der Waals surface area contributed by atoms with E-state index in [9.17, 15) is 28.9 Å². The zero-order chi connectivity index (χ0) is 47.0. The molecule has 0 amide bonds. The second-order valence-corrected chi connectivity index (χ2v) is 19.9. The van der Waals surface area contributed by atoms with Crippen molar-refractivity contribution in [1.29, 1.82) is 0 Å². The third-order valence-corrected chi connectivity index (χ3v) is 13.0. The van der Waals surface area contributed by atoms with Gasteiger partial charge in [-0.05, 0) is 19.3 Å². The van der Waals surface area contributed by atoms with Gasteiger partial charge in [-0.15, -0.1) is 0 Å². The van der Waals surface area contributed by atoms with E-state index in [4.69, 9.17) is 23.3 Å². The number of esters is 3. The van der Waals surface area contributed by atoms with Crippen molar-refractivity contribution < 1.29 is 52.2 Å². The molecule has 0 aromatic rings. The summed E-state index contributed by atoms with van der Waals surface area (Å²) in [4.78, 5) is 48.3. The summed E-state index contributed by atoms with van der Waals surface area (Å²) >= 11 is 0. The predicted molar refractivity (Wildman–Crippen MR) is 261 cm³/mol. The summed E-state index contributed by atoms with van der Waals surface area (Å²) in [6.45, 7) is 4.67. The average molecular weight is 933 g/mol. The molecule has 0 saturated carbocycles. The van der Waals surface area contributed by atoms with E-state index < -0.39 is 57.8 Å². The number of hydrogen-bond acceptors (Lipinski definition) is 10. The molecule has 0 rings (SSSR count). The number of hydrogen-bond donors (Lipinski definition) is 2. The van der Waals surface area contributed by atoms with Gasteiger partial charge >= 0.3 is 25.7 Å². The molecule has 0 fully saturated rings. The van der Waals surface area contributed by atoms with Gasteiger partial charge in [-0.25, -0.2) is 4.57 Å². The smallest absolute Gasteiger partial charge is 0.462 e. The first kappa shape index (κ1) is 62.5. The van der Waals surface area contributed by atoms with Crippen molar-refractivity contribution in [2.45, 2.75) is 290 Å². The molecule has 0 aliphatic rings. The van der Waals surface area contributed by atoms with Gasteiger partial charge in [-0.2, -0.15) is 0 Å². The Balaban J connectivity index is 4.66. The minimum Gasteiger partial charge on any atom is -0.462 e. The van der Waals surface area contributed by atoms with E-state index >= 15 is 0 Å². The molecular formula is C52H101O11P. The van der Waals surface area contributed by atoms with E-state index in [2.05, 4.69) is 20.8 Å². The quantitative estimate of drug-likeness (QED) is 0.0259. The van der Waals surface area contributed by atoms with E-state index in [-0.39, 0.29) is 25.9 Å². The molecule has 0 aromatic carbocycles. The van der Waals surface area contributed by atoms with Crippen LogP contribution in [0.2, 0.25) is 0 Å². The van der Waals surface area contributed by atoms with Gasteiger partial charge in [0.15, 0.2) is 6.10 Å². The van der Waals surface area contributed by atoms with Gasteiger partial charge in [0, 0.05) is 19.3 Å². The van der Waals surface area contributed by atoms with E-state index in [1.54, 1.807) is 0 Å². The summed E-state index contributed by atoms with van der Waals surface area (Å²) in [6, 6.07) is 0. The topological polar surface area (TPSA) is 155 Å². The van der Waals surface area contributed by atoms with E-state index in [0.717, 1.165) is 57.8 Å². The Morgan fingerprint density at radius 3 is 0.922 bits per heavy atom. The van der Waals surface area contributed by atoms with Crippen molar-refractivity contribution in [3.05, 3.63) is 0 Å². The van der Waals surface area contributed by atoms with Crippen molar-refractivity contribution >= 4 is 25.7 Å². The van der Waals surface area contributed by atoms with Gasteiger partial charge in [-0.3, -0.25) is 23.4 Å².